The molecule has 0 atom stereocenters. The predicted octanol–water partition coefficient (Wildman–Crippen LogP) is 8.34. The molecule has 2 N–H and O–H groups in total. The van der Waals surface area contributed by atoms with E-state index in [0.29, 0.717) is 11.5 Å². The Morgan fingerprint density at radius 3 is 2.29 bits per heavy atom. The summed E-state index contributed by atoms with van der Waals surface area (Å²) < 4.78 is 41.3. The molecule has 0 aliphatic carbocycles. The molecule has 0 amide bonds. The number of para-hydroxylation sites is 1. The van der Waals surface area contributed by atoms with E-state index in [-0.39, 0.29) is 11.3 Å². The third kappa shape index (κ3) is 5.72. The van der Waals surface area contributed by atoms with Gasteiger partial charge in [0.1, 0.15) is 5.82 Å². The van der Waals surface area contributed by atoms with E-state index in [0.717, 1.165) is 41.4 Å². The van der Waals surface area contributed by atoms with Gasteiger partial charge in [0, 0.05) is 29.1 Å². The molecule has 6 heteroatoms. The fourth-order valence-electron chi connectivity index (χ4n) is 3.87. The molecular weight excluding hydrogens is 447 g/mol. The molecular formula is C29H26F3N3. The van der Waals surface area contributed by atoms with Crippen LogP contribution in [-0.4, -0.2) is 11.5 Å². The number of anilines is 2. The van der Waals surface area contributed by atoms with Crippen LogP contribution in [0.15, 0.2) is 97.6 Å². The molecule has 0 bridgehead atoms. The molecule has 0 unspecified atom stereocenters. The highest BCUT2D eigenvalue weighted by atomic mass is 19.4. The molecule has 3 nitrogen and oxygen atoms in total. The maximum atomic E-state index is 13.8. The number of alkyl halides is 3. The number of hydrogen-bond donors (Lipinski definition) is 2. The SMILES string of the molecule is C=C(Nc1cc(-c2ccccc2)cc(-c2ccccc2C(F)(F)F)n1)c1ccccc1NCCC. The molecule has 0 aliphatic heterocycles. The molecule has 0 saturated heterocycles. The van der Waals surface area contributed by atoms with E-state index in [1.54, 1.807) is 12.1 Å². The van der Waals surface area contributed by atoms with Crippen LogP contribution in [0.4, 0.5) is 24.7 Å². The largest absolute Gasteiger partial charge is 0.417 e. The van der Waals surface area contributed by atoms with Gasteiger partial charge in [-0.25, -0.2) is 4.98 Å². The molecule has 1 heterocycles. The first-order valence-corrected chi connectivity index (χ1v) is 11.4. The second kappa shape index (κ2) is 10.5. The summed E-state index contributed by atoms with van der Waals surface area (Å²) in [6.07, 6.45) is -3.53. The number of benzene rings is 3. The number of nitrogens with zero attached hydrogens (tertiary/aromatic N) is 1. The molecule has 0 fully saturated rings. The van der Waals surface area contributed by atoms with Crippen molar-refractivity contribution in [2.45, 2.75) is 19.5 Å². The van der Waals surface area contributed by atoms with Crippen LogP contribution in [-0.2, 0) is 6.18 Å². The third-order valence-electron chi connectivity index (χ3n) is 5.54. The first-order chi connectivity index (χ1) is 16.9. The lowest BCUT2D eigenvalue weighted by Gasteiger charge is -2.17. The summed E-state index contributed by atoms with van der Waals surface area (Å²) in [5.41, 5.74) is 3.54. The Labute approximate surface area is 203 Å². The molecule has 3 aromatic carbocycles. The lowest BCUT2D eigenvalue weighted by atomic mass is 9.99. The van der Waals surface area contributed by atoms with Gasteiger partial charge in [-0.3, -0.25) is 0 Å². The quantitative estimate of drug-likeness (QED) is 0.270. The highest BCUT2D eigenvalue weighted by molar-refractivity contribution is 5.84. The first kappa shape index (κ1) is 24.1. The Morgan fingerprint density at radius 1 is 0.857 bits per heavy atom. The molecule has 4 aromatic rings. The molecule has 0 spiro atoms. The topological polar surface area (TPSA) is 37.0 Å². The maximum Gasteiger partial charge on any atom is 0.417 e. The number of hydrogen-bond acceptors (Lipinski definition) is 3. The minimum Gasteiger partial charge on any atom is -0.385 e. The van der Waals surface area contributed by atoms with Crippen molar-refractivity contribution in [1.82, 2.24) is 4.98 Å². The fraction of sp³-hybridized carbons (Fsp3) is 0.138. The summed E-state index contributed by atoms with van der Waals surface area (Å²) in [5.74, 6) is 0.411. The van der Waals surface area contributed by atoms with E-state index in [1.165, 1.54) is 12.1 Å². The first-order valence-electron chi connectivity index (χ1n) is 11.4. The molecule has 4 rings (SSSR count). The van der Waals surface area contributed by atoms with Gasteiger partial charge in [-0.05, 0) is 41.8 Å². The van der Waals surface area contributed by atoms with Gasteiger partial charge < -0.3 is 10.6 Å². The van der Waals surface area contributed by atoms with Gasteiger partial charge in [-0.2, -0.15) is 13.2 Å². The zero-order valence-corrected chi connectivity index (χ0v) is 19.4. The zero-order chi connectivity index (χ0) is 24.8. The second-order valence-electron chi connectivity index (χ2n) is 8.11. The Bertz CT molecular complexity index is 1310. The van der Waals surface area contributed by atoms with E-state index in [1.807, 2.05) is 60.7 Å². The van der Waals surface area contributed by atoms with Crippen molar-refractivity contribution in [2.24, 2.45) is 0 Å². The number of pyridine rings is 1. The number of aromatic nitrogens is 1. The van der Waals surface area contributed by atoms with Crippen molar-refractivity contribution in [2.75, 3.05) is 17.2 Å². The van der Waals surface area contributed by atoms with Gasteiger partial charge >= 0.3 is 6.18 Å². The third-order valence-corrected chi connectivity index (χ3v) is 5.54. The maximum absolute atomic E-state index is 13.8. The summed E-state index contributed by atoms with van der Waals surface area (Å²) in [6, 6.07) is 26.3. The Balaban J connectivity index is 1.79. The van der Waals surface area contributed by atoms with Crippen LogP contribution in [0.2, 0.25) is 0 Å². The van der Waals surface area contributed by atoms with Crippen LogP contribution in [0.3, 0.4) is 0 Å². The smallest absolute Gasteiger partial charge is 0.385 e. The van der Waals surface area contributed by atoms with Crippen LogP contribution in [0, 0.1) is 0 Å². The fourth-order valence-corrected chi connectivity index (χ4v) is 3.87. The molecule has 0 aliphatic rings. The summed E-state index contributed by atoms with van der Waals surface area (Å²) in [5, 5.41) is 6.61. The standard InChI is InChI=1S/C29H26F3N3/c1-3-17-33-26-16-10-8-13-23(26)20(2)34-28-19-22(21-11-5-4-6-12-21)18-27(35-28)24-14-7-9-15-25(24)29(30,31)32/h4-16,18-19,33H,2-3,17H2,1H3,(H,34,35). The Kier molecular flexibility index (Phi) is 7.20. The normalized spacial score (nSPS) is 11.2. The monoisotopic (exact) mass is 473 g/mol. The second-order valence-corrected chi connectivity index (χ2v) is 8.11. The van der Waals surface area contributed by atoms with Crippen molar-refractivity contribution in [1.29, 1.82) is 0 Å². The molecule has 35 heavy (non-hydrogen) atoms. The van der Waals surface area contributed by atoms with Gasteiger partial charge in [-0.15, -0.1) is 0 Å². The average molecular weight is 474 g/mol. The van der Waals surface area contributed by atoms with Gasteiger partial charge in [0.25, 0.3) is 0 Å². The van der Waals surface area contributed by atoms with E-state index < -0.39 is 11.7 Å². The molecule has 0 saturated carbocycles. The molecule has 178 valence electrons. The van der Waals surface area contributed by atoms with Crippen LogP contribution in [0.25, 0.3) is 28.1 Å². The van der Waals surface area contributed by atoms with Gasteiger partial charge in [0.05, 0.1) is 11.3 Å². The van der Waals surface area contributed by atoms with Crippen LogP contribution >= 0.6 is 0 Å². The minimum atomic E-state index is -4.50. The van der Waals surface area contributed by atoms with Crippen LogP contribution in [0.5, 0.6) is 0 Å². The van der Waals surface area contributed by atoms with Crippen LogP contribution in [0.1, 0.15) is 24.5 Å². The number of nitrogens with one attached hydrogen (secondary N) is 2. The summed E-state index contributed by atoms with van der Waals surface area (Å²) in [7, 11) is 0. The summed E-state index contributed by atoms with van der Waals surface area (Å²) in [6.45, 7) is 7.07. The Morgan fingerprint density at radius 2 is 1.54 bits per heavy atom. The van der Waals surface area contributed by atoms with Crippen LogP contribution < -0.4 is 10.6 Å². The van der Waals surface area contributed by atoms with Gasteiger partial charge in [0.15, 0.2) is 0 Å². The van der Waals surface area contributed by atoms with Crippen molar-refractivity contribution in [3.8, 4) is 22.4 Å². The van der Waals surface area contributed by atoms with E-state index in [4.69, 9.17) is 0 Å². The highest BCUT2D eigenvalue weighted by Gasteiger charge is 2.33. The lowest BCUT2D eigenvalue weighted by Crippen LogP contribution is -2.08. The predicted molar refractivity (Wildman–Crippen MR) is 138 cm³/mol. The lowest BCUT2D eigenvalue weighted by molar-refractivity contribution is -0.137. The van der Waals surface area contributed by atoms with E-state index in [2.05, 4.69) is 29.1 Å². The summed E-state index contributed by atoms with van der Waals surface area (Å²) >= 11 is 0. The Hall–Kier alpha value is -4.06. The highest BCUT2D eigenvalue weighted by Crippen LogP contribution is 2.38. The van der Waals surface area contributed by atoms with Crippen molar-refractivity contribution in [3.63, 3.8) is 0 Å². The van der Waals surface area contributed by atoms with Crippen molar-refractivity contribution in [3.05, 3.63) is 109 Å². The average Bonchev–Trinajstić information content (AvgIpc) is 2.87. The molecule has 0 radical (unpaired) electrons. The molecule has 1 aromatic heterocycles. The summed E-state index contributed by atoms with van der Waals surface area (Å²) in [4.78, 5) is 4.57. The number of rotatable bonds is 8. The van der Waals surface area contributed by atoms with Gasteiger partial charge in [-0.1, -0.05) is 80.2 Å². The minimum absolute atomic E-state index is 0.0245. The van der Waals surface area contributed by atoms with Gasteiger partial charge in [0.2, 0.25) is 0 Å². The van der Waals surface area contributed by atoms with Crippen molar-refractivity contribution >= 4 is 17.2 Å². The van der Waals surface area contributed by atoms with Crippen molar-refractivity contribution < 1.29 is 13.2 Å². The van der Waals surface area contributed by atoms with E-state index in [9.17, 15) is 13.2 Å². The number of halogens is 3. The zero-order valence-electron chi connectivity index (χ0n) is 19.4. The van der Waals surface area contributed by atoms with E-state index >= 15 is 0 Å².